The van der Waals surface area contributed by atoms with Crippen molar-refractivity contribution >= 4 is 5.91 Å². The second-order valence-electron chi connectivity index (χ2n) is 4.69. The second-order valence-corrected chi connectivity index (χ2v) is 4.69. The molecule has 1 fully saturated rings. The Labute approximate surface area is 117 Å². The molecule has 0 radical (unpaired) electrons. The summed E-state index contributed by atoms with van der Waals surface area (Å²) in [5.74, 6) is 0.143. The van der Waals surface area contributed by atoms with Crippen molar-refractivity contribution in [2.45, 2.75) is 6.42 Å². The van der Waals surface area contributed by atoms with Gasteiger partial charge < -0.3 is 9.64 Å². The number of aromatic nitrogens is 3. The molecule has 104 valence electrons. The number of rotatable bonds is 3. The van der Waals surface area contributed by atoms with Gasteiger partial charge in [-0.05, 0) is 17.7 Å². The van der Waals surface area contributed by atoms with Gasteiger partial charge in [0, 0.05) is 13.1 Å². The van der Waals surface area contributed by atoms with E-state index >= 15 is 0 Å². The van der Waals surface area contributed by atoms with Gasteiger partial charge in [0.05, 0.1) is 37.7 Å². The third kappa shape index (κ3) is 2.85. The van der Waals surface area contributed by atoms with E-state index in [4.69, 9.17) is 4.74 Å². The minimum Gasteiger partial charge on any atom is -0.378 e. The fourth-order valence-corrected chi connectivity index (χ4v) is 2.25. The lowest BCUT2D eigenvalue weighted by Gasteiger charge is -2.26. The van der Waals surface area contributed by atoms with Crippen molar-refractivity contribution in [1.82, 2.24) is 19.9 Å². The summed E-state index contributed by atoms with van der Waals surface area (Å²) in [6, 6.07) is 7.79. The maximum Gasteiger partial charge on any atom is 0.227 e. The van der Waals surface area contributed by atoms with Crippen LogP contribution in [0.3, 0.4) is 0 Å². The summed E-state index contributed by atoms with van der Waals surface area (Å²) in [5.41, 5.74) is 1.89. The molecule has 0 bridgehead atoms. The first-order valence-electron chi connectivity index (χ1n) is 6.64. The summed E-state index contributed by atoms with van der Waals surface area (Å²) in [6.45, 7) is 2.62. The van der Waals surface area contributed by atoms with Gasteiger partial charge in [0.1, 0.15) is 0 Å². The van der Waals surface area contributed by atoms with Crippen molar-refractivity contribution in [3.05, 3.63) is 42.2 Å². The van der Waals surface area contributed by atoms with Crippen molar-refractivity contribution in [3.63, 3.8) is 0 Å². The first-order valence-corrected chi connectivity index (χ1v) is 6.64. The van der Waals surface area contributed by atoms with E-state index in [1.807, 2.05) is 29.2 Å². The Balaban J connectivity index is 1.71. The van der Waals surface area contributed by atoms with Crippen LogP contribution in [0.15, 0.2) is 36.7 Å². The number of hydrogen-bond acceptors (Lipinski definition) is 4. The molecule has 1 aromatic carbocycles. The van der Waals surface area contributed by atoms with Crippen molar-refractivity contribution in [2.24, 2.45) is 0 Å². The molecule has 1 amide bonds. The van der Waals surface area contributed by atoms with E-state index in [1.54, 1.807) is 17.1 Å². The number of nitrogens with zero attached hydrogens (tertiary/aromatic N) is 4. The number of ether oxygens (including phenoxy) is 1. The molecule has 0 saturated carbocycles. The van der Waals surface area contributed by atoms with Crippen LogP contribution in [0.25, 0.3) is 5.69 Å². The number of carbonyl (C=O) groups is 1. The largest absolute Gasteiger partial charge is 0.378 e. The van der Waals surface area contributed by atoms with E-state index in [2.05, 4.69) is 10.3 Å². The lowest BCUT2D eigenvalue weighted by molar-refractivity contribution is -0.134. The smallest absolute Gasteiger partial charge is 0.227 e. The highest BCUT2D eigenvalue weighted by molar-refractivity contribution is 5.79. The van der Waals surface area contributed by atoms with Gasteiger partial charge in [-0.15, -0.1) is 5.10 Å². The molecule has 0 N–H and O–H groups in total. The van der Waals surface area contributed by atoms with Gasteiger partial charge in [-0.3, -0.25) is 4.79 Å². The molecule has 1 aromatic heterocycles. The Morgan fingerprint density at radius 1 is 1.30 bits per heavy atom. The van der Waals surface area contributed by atoms with Crippen LogP contribution < -0.4 is 0 Å². The van der Waals surface area contributed by atoms with Crippen molar-refractivity contribution < 1.29 is 9.53 Å². The van der Waals surface area contributed by atoms with Crippen LogP contribution >= 0.6 is 0 Å². The number of amides is 1. The number of carbonyl (C=O) groups excluding carboxylic acids is 1. The van der Waals surface area contributed by atoms with E-state index < -0.39 is 0 Å². The predicted octanol–water partition coefficient (Wildman–Crippen LogP) is 0.669. The Morgan fingerprint density at radius 3 is 2.90 bits per heavy atom. The first-order chi connectivity index (χ1) is 9.83. The van der Waals surface area contributed by atoms with E-state index in [0.717, 1.165) is 11.3 Å². The number of morpholine rings is 1. The Hall–Kier alpha value is -2.21. The van der Waals surface area contributed by atoms with Gasteiger partial charge in [-0.1, -0.05) is 17.3 Å². The summed E-state index contributed by atoms with van der Waals surface area (Å²) in [7, 11) is 0. The fourth-order valence-electron chi connectivity index (χ4n) is 2.25. The minimum absolute atomic E-state index is 0.143. The molecule has 2 aromatic rings. The zero-order chi connectivity index (χ0) is 13.8. The molecule has 3 rings (SSSR count). The van der Waals surface area contributed by atoms with Gasteiger partial charge in [-0.25, -0.2) is 4.68 Å². The lowest BCUT2D eigenvalue weighted by Crippen LogP contribution is -2.41. The van der Waals surface area contributed by atoms with Crippen LogP contribution in [-0.2, 0) is 16.0 Å². The molecule has 2 heterocycles. The standard InChI is InChI=1S/C14H16N4O2/c19-14(17-6-8-20-9-7-17)11-12-2-1-3-13(10-12)18-5-4-15-16-18/h1-5,10H,6-9,11H2. The zero-order valence-electron chi connectivity index (χ0n) is 11.1. The highest BCUT2D eigenvalue weighted by Crippen LogP contribution is 2.11. The molecule has 1 saturated heterocycles. The van der Waals surface area contributed by atoms with Crippen molar-refractivity contribution in [1.29, 1.82) is 0 Å². The van der Waals surface area contributed by atoms with E-state index in [-0.39, 0.29) is 5.91 Å². The summed E-state index contributed by atoms with van der Waals surface area (Å²) < 4.78 is 6.94. The molecule has 20 heavy (non-hydrogen) atoms. The molecular weight excluding hydrogens is 256 g/mol. The molecular formula is C14H16N4O2. The maximum absolute atomic E-state index is 12.2. The van der Waals surface area contributed by atoms with Crippen LogP contribution in [-0.4, -0.2) is 52.1 Å². The molecule has 1 aliphatic heterocycles. The summed E-state index contributed by atoms with van der Waals surface area (Å²) in [5, 5.41) is 7.74. The molecule has 6 heteroatoms. The van der Waals surface area contributed by atoms with Crippen LogP contribution in [0.1, 0.15) is 5.56 Å². The third-order valence-electron chi connectivity index (χ3n) is 3.32. The quantitative estimate of drug-likeness (QED) is 0.824. The van der Waals surface area contributed by atoms with Crippen molar-refractivity contribution in [3.8, 4) is 5.69 Å². The van der Waals surface area contributed by atoms with Gasteiger partial charge in [0.25, 0.3) is 0 Å². The number of hydrogen-bond donors (Lipinski definition) is 0. The van der Waals surface area contributed by atoms with Gasteiger partial charge >= 0.3 is 0 Å². The lowest BCUT2D eigenvalue weighted by atomic mass is 10.1. The van der Waals surface area contributed by atoms with E-state index in [1.165, 1.54) is 0 Å². The average molecular weight is 272 g/mol. The molecule has 1 aliphatic rings. The monoisotopic (exact) mass is 272 g/mol. The summed E-state index contributed by atoms with van der Waals surface area (Å²) >= 11 is 0. The molecule has 0 aliphatic carbocycles. The highest BCUT2D eigenvalue weighted by atomic mass is 16.5. The van der Waals surface area contributed by atoms with Gasteiger partial charge in [0.2, 0.25) is 5.91 Å². The topological polar surface area (TPSA) is 60.2 Å². The van der Waals surface area contributed by atoms with Crippen LogP contribution in [0.4, 0.5) is 0 Å². The zero-order valence-corrected chi connectivity index (χ0v) is 11.1. The van der Waals surface area contributed by atoms with Crippen LogP contribution in [0.5, 0.6) is 0 Å². The van der Waals surface area contributed by atoms with E-state index in [0.29, 0.717) is 32.7 Å². The third-order valence-corrected chi connectivity index (χ3v) is 3.32. The number of benzene rings is 1. The minimum atomic E-state index is 0.143. The summed E-state index contributed by atoms with van der Waals surface area (Å²) in [4.78, 5) is 14.1. The summed E-state index contributed by atoms with van der Waals surface area (Å²) in [6.07, 6.45) is 3.82. The first kappa shape index (κ1) is 12.8. The Morgan fingerprint density at radius 2 is 2.15 bits per heavy atom. The van der Waals surface area contributed by atoms with E-state index in [9.17, 15) is 4.79 Å². The highest BCUT2D eigenvalue weighted by Gasteiger charge is 2.17. The molecule has 0 atom stereocenters. The second kappa shape index (κ2) is 5.83. The predicted molar refractivity (Wildman–Crippen MR) is 72.5 cm³/mol. The molecule has 0 unspecified atom stereocenters. The maximum atomic E-state index is 12.2. The Bertz CT molecular complexity index is 577. The normalized spacial score (nSPS) is 15.3. The molecule has 6 nitrogen and oxygen atoms in total. The average Bonchev–Trinajstić information content (AvgIpc) is 3.03. The SMILES string of the molecule is O=C(Cc1cccc(-n2ccnn2)c1)N1CCOCC1. The van der Waals surface area contributed by atoms with Crippen molar-refractivity contribution in [2.75, 3.05) is 26.3 Å². The fraction of sp³-hybridized carbons (Fsp3) is 0.357. The molecule has 0 spiro atoms. The van der Waals surface area contributed by atoms with Crippen LogP contribution in [0, 0.1) is 0 Å². The van der Waals surface area contributed by atoms with Gasteiger partial charge in [-0.2, -0.15) is 0 Å². The van der Waals surface area contributed by atoms with Crippen LogP contribution in [0.2, 0.25) is 0 Å². The Kier molecular flexibility index (Phi) is 3.73. The van der Waals surface area contributed by atoms with Gasteiger partial charge in [0.15, 0.2) is 0 Å².